The first-order chi connectivity index (χ1) is 7.30. The maximum Gasteiger partial charge on any atom is 0.321 e. The highest BCUT2D eigenvalue weighted by molar-refractivity contribution is 5.73. The van der Waals surface area contributed by atoms with Crippen LogP contribution in [0.5, 0.6) is 0 Å². The van der Waals surface area contributed by atoms with Gasteiger partial charge < -0.3 is 10.8 Å². The average Bonchev–Trinajstić information content (AvgIpc) is 2.17. The number of aliphatic carboxylic acids is 1. The van der Waals surface area contributed by atoms with Crippen LogP contribution in [0.3, 0.4) is 0 Å². The monoisotopic (exact) mass is 229 g/mol. The molecule has 1 aliphatic heterocycles. The lowest BCUT2D eigenvalue weighted by molar-refractivity contribution is -0.139. The smallest absolute Gasteiger partial charge is 0.321 e. The van der Waals surface area contributed by atoms with Gasteiger partial charge in [-0.25, -0.2) is 0 Å². The van der Waals surface area contributed by atoms with E-state index >= 15 is 0 Å². The molecule has 0 aliphatic carbocycles. The van der Waals surface area contributed by atoms with Gasteiger partial charge in [-0.1, -0.05) is 0 Å². The summed E-state index contributed by atoms with van der Waals surface area (Å²) in [5.74, 6) is -0.918. The summed E-state index contributed by atoms with van der Waals surface area (Å²) in [6.07, 6.45) is 0. The molecular formula is C11H23N3O2. The Morgan fingerprint density at radius 3 is 2.19 bits per heavy atom. The fourth-order valence-corrected chi connectivity index (χ4v) is 1.96. The van der Waals surface area contributed by atoms with E-state index in [-0.39, 0.29) is 5.54 Å². The van der Waals surface area contributed by atoms with Crippen LogP contribution in [0.2, 0.25) is 0 Å². The topological polar surface area (TPSA) is 69.8 Å². The predicted octanol–water partition coefficient (Wildman–Crippen LogP) is -0.186. The quantitative estimate of drug-likeness (QED) is 0.702. The number of carboxylic acid groups (broad SMARTS) is 1. The van der Waals surface area contributed by atoms with Gasteiger partial charge in [0.1, 0.15) is 6.04 Å². The van der Waals surface area contributed by atoms with Crippen molar-refractivity contribution in [3.63, 3.8) is 0 Å². The molecule has 94 valence electrons. The molecule has 1 fully saturated rings. The van der Waals surface area contributed by atoms with E-state index in [1.54, 1.807) is 0 Å². The summed E-state index contributed by atoms with van der Waals surface area (Å²) in [7, 11) is 0. The molecule has 1 heterocycles. The largest absolute Gasteiger partial charge is 0.480 e. The van der Waals surface area contributed by atoms with Gasteiger partial charge >= 0.3 is 5.97 Å². The minimum atomic E-state index is -0.918. The third-order valence-corrected chi connectivity index (χ3v) is 3.09. The highest BCUT2D eigenvalue weighted by Gasteiger charge is 2.27. The SMILES string of the molecule is CC(C)(C)N1CCN(CC(N)C(=O)O)CC1. The van der Waals surface area contributed by atoms with Crippen molar-refractivity contribution in [1.82, 2.24) is 9.80 Å². The van der Waals surface area contributed by atoms with E-state index in [1.807, 2.05) is 0 Å². The van der Waals surface area contributed by atoms with Gasteiger partial charge in [-0.2, -0.15) is 0 Å². The molecule has 1 saturated heterocycles. The number of hydrogen-bond donors (Lipinski definition) is 2. The zero-order valence-corrected chi connectivity index (χ0v) is 10.4. The van der Waals surface area contributed by atoms with E-state index in [9.17, 15) is 4.79 Å². The summed E-state index contributed by atoms with van der Waals surface area (Å²) >= 11 is 0. The zero-order chi connectivity index (χ0) is 12.3. The van der Waals surface area contributed by atoms with Crippen LogP contribution >= 0.6 is 0 Å². The van der Waals surface area contributed by atoms with Gasteiger partial charge in [-0.15, -0.1) is 0 Å². The summed E-state index contributed by atoms with van der Waals surface area (Å²) in [5.41, 5.74) is 5.71. The zero-order valence-electron chi connectivity index (χ0n) is 10.4. The molecule has 1 rings (SSSR count). The summed E-state index contributed by atoms with van der Waals surface area (Å²) in [5, 5.41) is 8.73. The van der Waals surface area contributed by atoms with E-state index in [4.69, 9.17) is 10.8 Å². The molecule has 0 spiro atoms. The van der Waals surface area contributed by atoms with E-state index in [2.05, 4.69) is 30.6 Å². The van der Waals surface area contributed by atoms with Crippen molar-refractivity contribution in [3.05, 3.63) is 0 Å². The number of nitrogens with two attached hydrogens (primary N) is 1. The first-order valence-corrected chi connectivity index (χ1v) is 5.76. The molecule has 0 amide bonds. The molecule has 16 heavy (non-hydrogen) atoms. The number of piperazine rings is 1. The van der Waals surface area contributed by atoms with Crippen molar-refractivity contribution in [1.29, 1.82) is 0 Å². The van der Waals surface area contributed by atoms with Gasteiger partial charge in [0.2, 0.25) is 0 Å². The molecule has 5 nitrogen and oxygen atoms in total. The molecule has 0 saturated carbocycles. The van der Waals surface area contributed by atoms with Crippen molar-refractivity contribution in [3.8, 4) is 0 Å². The molecular weight excluding hydrogens is 206 g/mol. The standard InChI is InChI=1S/C11H23N3O2/c1-11(2,3)14-6-4-13(5-7-14)8-9(12)10(15)16/h9H,4-8,12H2,1-3H3,(H,15,16). The number of carboxylic acids is 1. The predicted molar refractivity (Wildman–Crippen MR) is 63.4 cm³/mol. The molecule has 1 atom stereocenters. The Balaban J connectivity index is 2.35. The summed E-state index contributed by atoms with van der Waals surface area (Å²) in [4.78, 5) is 15.2. The van der Waals surface area contributed by atoms with Gasteiger partial charge in [-0.3, -0.25) is 14.6 Å². The number of hydrogen-bond acceptors (Lipinski definition) is 4. The van der Waals surface area contributed by atoms with Crippen LogP contribution in [0, 0.1) is 0 Å². The second kappa shape index (κ2) is 5.12. The van der Waals surface area contributed by atoms with Gasteiger partial charge in [0.05, 0.1) is 0 Å². The maximum absolute atomic E-state index is 10.6. The normalized spacial score (nSPS) is 22.0. The van der Waals surface area contributed by atoms with Crippen molar-refractivity contribution in [2.24, 2.45) is 5.73 Å². The summed E-state index contributed by atoms with van der Waals surface area (Å²) < 4.78 is 0. The van der Waals surface area contributed by atoms with Crippen LogP contribution in [-0.2, 0) is 4.79 Å². The van der Waals surface area contributed by atoms with Crippen molar-refractivity contribution in [2.75, 3.05) is 32.7 Å². The van der Waals surface area contributed by atoms with Crippen molar-refractivity contribution >= 4 is 5.97 Å². The maximum atomic E-state index is 10.6. The first kappa shape index (κ1) is 13.4. The Kier molecular flexibility index (Phi) is 4.29. The van der Waals surface area contributed by atoms with Crippen LogP contribution in [-0.4, -0.2) is 65.2 Å². The fraction of sp³-hybridized carbons (Fsp3) is 0.909. The molecule has 0 bridgehead atoms. The highest BCUT2D eigenvalue weighted by Crippen LogP contribution is 2.15. The first-order valence-electron chi connectivity index (χ1n) is 5.76. The lowest BCUT2D eigenvalue weighted by Gasteiger charge is -2.42. The van der Waals surface area contributed by atoms with Gasteiger partial charge in [0.15, 0.2) is 0 Å². The molecule has 0 aromatic heterocycles. The van der Waals surface area contributed by atoms with Crippen LogP contribution < -0.4 is 5.73 Å². The molecule has 5 heteroatoms. The van der Waals surface area contributed by atoms with Crippen LogP contribution in [0.25, 0.3) is 0 Å². The Hall–Kier alpha value is -0.650. The number of carbonyl (C=O) groups is 1. The molecule has 0 aromatic rings. The van der Waals surface area contributed by atoms with E-state index < -0.39 is 12.0 Å². The molecule has 1 unspecified atom stereocenters. The minimum Gasteiger partial charge on any atom is -0.480 e. The Morgan fingerprint density at radius 2 is 1.81 bits per heavy atom. The Bertz CT molecular complexity index is 242. The lowest BCUT2D eigenvalue weighted by atomic mass is 10.0. The van der Waals surface area contributed by atoms with Crippen molar-refractivity contribution < 1.29 is 9.90 Å². The van der Waals surface area contributed by atoms with E-state index in [0.717, 1.165) is 26.2 Å². The fourth-order valence-electron chi connectivity index (χ4n) is 1.96. The number of rotatable bonds is 3. The van der Waals surface area contributed by atoms with E-state index in [1.165, 1.54) is 0 Å². The minimum absolute atomic E-state index is 0.195. The van der Waals surface area contributed by atoms with Crippen molar-refractivity contribution in [2.45, 2.75) is 32.4 Å². The van der Waals surface area contributed by atoms with Crippen LogP contribution in [0.1, 0.15) is 20.8 Å². The van der Waals surface area contributed by atoms with E-state index in [0.29, 0.717) is 6.54 Å². The molecule has 1 aliphatic rings. The second-order valence-corrected chi connectivity index (χ2v) is 5.40. The summed E-state index contributed by atoms with van der Waals surface area (Å²) in [6, 6.07) is -0.763. The highest BCUT2D eigenvalue weighted by atomic mass is 16.4. The van der Waals surface area contributed by atoms with Gasteiger partial charge in [-0.05, 0) is 20.8 Å². The average molecular weight is 229 g/mol. The Morgan fingerprint density at radius 1 is 1.31 bits per heavy atom. The lowest BCUT2D eigenvalue weighted by Crippen LogP contribution is -2.55. The van der Waals surface area contributed by atoms with Gasteiger partial charge in [0.25, 0.3) is 0 Å². The molecule has 0 radical (unpaired) electrons. The molecule has 3 N–H and O–H groups in total. The third-order valence-electron chi connectivity index (χ3n) is 3.09. The van der Waals surface area contributed by atoms with Gasteiger partial charge in [0, 0.05) is 38.3 Å². The molecule has 0 aromatic carbocycles. The third kappa shape index (κ3) is 3.73. The van der Waals surface area contributed by atoms with Crippen LogP contribution in [0.15, 0.2) is 0 Å². The Labute approximate surface area is 97.2 Å². The van der Waals surface area contributed by atoms with Crippen LogP contribution in [0.4, 0.5) is 0 Å². The second-order valence-electron chi connectivity index (χ2n) is 5.40. The number of nitrogens with zero attached hydrogens (tertiary/aromatic N) is 2. The summed E-state index contributed by atoms with van der Waals surface area (Å²) in [6.45, 7) is 10.8.